The molecule has 0 spiro atoms. The van der Waals surface area contributed by atoms with Gasteiger partial charge in [-0.15, -0.1) is 0 Å². The Kier molecular flexibility index (Phi) is 5.02. The summed E-state index contributed by atoms with van der Waals surface area (Å²) in [6.07, 6.45) is 2.37. The minimum Gasteiger partial charge on any atom is -0.370 e. The molecule has 0 radical (unpaired) electrons. The Morgan fingerprint density at radius 2 is 2.16 bits per heavy atom. The van der Waals surface area contributed by atoms with Crippen molar-refractivity contribution in [3.63, 3.8) is 0 Å². The fraction of sp³-hybridized carbons (Fsp3) is 0.667. The van der Waals surface area contributed by atoms with E-state index in [1.165, 1.54) is 13.0 Å². The molecule has 2 rings (SSSR count). The van der Waals surface area contributed by atoms with Crippen LogP contribution in [0.3, 0.4) is 0 Å². The third-order valence-electron chi connectivity index (χ3n) is 3.76. The van der Waals surface area contributed by atoms with Crippen LogP contribution in [0, 0.1) is 0 Å². The predicted octanol–water partition coefficient (Wildman–Crippen LogP) is 2.43. The number of hydrogen-bond donors (Lipinski definition) is 1. The lowest BCUT2D eigenvalue weighted by molar-refractivity contribution is 0.327. The highest BCUT2D eigenvalue weighted by molar-refractivity contribution is 5.48. The molecule has 1 aliphatic heterocycles. The molecule has 4 heteroatoms. The minimum absolute atomic E-state index is 0.567. The average Bonchev–Trinajstić information content (AvgIpc) is 2.61. The normalized spacial score (nSPS) is 21.2. The highest BCUT2D eigenvalue weighted by Crippen LogP contribution is 2.21. The van der Waals surface area contributed by atoms with Crippen LogP contribution in [0.1, 0.15) is 26.7 Å². The molecule has 1 unspecified atom stereocenters. The zero-order valence-electron chi connectivity index (χ0n) is 12.4. The first-order valence-corrected chi connectivity index (χ1v) is 7.40. The zero-order valence-corrected chi connectivity index (χ0v) is 12.4. The van der Waals surface area contributed by atoms with Crippen molar-refractivity contribution in [3.05, 3.63) is 18.2 Å². The molecule has 0 aliphatic carbocycles. The SMILES string of the molecule is CCNc1cccc(N2CCCN(C)CC2CC)n1. The summed E-state index contributed by atoms with van der Waals surface area (Å²) >= 11 is 0. The number of rotatable bonds is 4. The third kappa shape index (κ3) is 3.60. The monoisotopic (exact) mass is 262 g/mol. The van der Waals surface area contributed by atoms with Crippen molar-refractivity contribution >= 4 is 11.6 Å². The molecule has 2 heterocycles. The van der Waals surface area contributed by atoms with Crippen LogP contribution < -0.4 is 10.2 Å². The van der Waals surface area contributed by atoms with E-state index in [9.17, 15) is 0 Å². The van der Waals surface area contributed by atoms with E-state index in [2.05, 4.69) is 48.1 Å². The quantitative estimate of drug-likeness (QED) is 0.903. The molecule has 1 atom stereocenters. The van der Waals surface area contributed by atoms with Crippen LogP contribution in [0.5, 0.6) is 0 Å². The molecule has 0 aromatic carbocycles. The summed E-state index contributed by atoms with van der Waals surface area (Å²) in [5.41, 5.74) is 0. The van der Waals surface area contributed by atoms with Crippen LogP contribution in [0.4, 0.5) is 11.6 Å². The Morgan fingerprint density at radius 1 is 1.32 bits per heavy atom. The molecular weight excluding hydrogens is 236 g/mol. The van der Waals surface area contributed by atoms with Gasteiger partial charge in [-0.05, 0) is 45.5 Å². The van der Waals surface area contributed by atoms with Gasteiger partial charge in [0.1, 0.15) is 11.6 Å². The first kappa shape index (κ1) is 14.1. The minimum atomic E-state index is 0.567. The van der Waals surface area contributed by atoms with Crippen LogP contribution in [-0.4, -0.2) is 49.2 Å². The molecule has 106 valence electrons. The molecule has 19 heavy (non-hydrogen) atoms. The van der Waals surface area contributed by atoms with Gasteiger partial charge in [-0.1, -0.05) is 13.0 Å². The fourth-order valence-corrected chi connectivity index (χ4v) is 2.76. The van der Waals surface area contributed by atoms with Crippen LogP contribution in [0.2, 0.25) is 0 Å². The van der Waals surface area contributed by atoms with E-state index < -0.39 is 0 Å². The maximum absolute atomic E-state index is 4.75. The van der Waals surface area contributed by atoms with Crippen molar-refractivity contribution in [1.29, 1.82) is 0 Å². The summed E-state index contributed by atoms with van der Waals surface area (Å²) in [4.78, 5) is 9.66. The standard InChI is InChI=1S/C15H26N4/c1-4-13-12-18(3)10-7-11-19(13)15-9-6-8-14(17-15)16-5-2/h6,8-9,13H,4-5,7,10-12H2,1-3H3,(H,16,17). The van der Waals surface area contributed by atoms with Gasteiger partial charge in [0, 0.05) is 25.7 Å². The lowest BCUT2D eigenvalue weighted by atomic mass is 10.2. The van der Waals surface area contributed by atoms with E-state index in [0.29, 0.717) is 6.04 Å². The van der Waals surface area contributed by atoms with Gasteiger partial charge in [0.2, 0.25) is 0 Å². The van der Waals surface area contributed by atoms with Crippen molar-refractivity contribution in [2.24, 2.45) is 0 Å². The van der Waals surface area contributed by atoms with Gasteiger partial charge in [0.15, 0.2) is 0 Å². The number of likely N-dealkylation sites (N-methyl/N-ethyl adjacent to an activating group) is 1. The van der Waals surface area contributed by atoms with Crippen LogP contribution >= 0.6 is 0 Å². The largest absolute Gasteiger partial charge is 0.370 e. The molecule has 1 aromatic heterocycles. The molecule has 4 nitrogen and oxygen atoms in total. The molecule has 1 N–H and O–H groups in total. The summed E-state index contributed by atoms with van der Waals surface area (Å²) in [6, 6.07) is 6.84. The van der Waals surface area contributed by atoms with E-state index in [-0.39, 0.29) is 0 Å². The molecule has 0 amide bonds. The smallest absolute Gasteiger partial charge is 0.131 e. The second kappa shape index (κ2) is 6.75. The van der Waals surface area contributed by atoms with Crippen molar-refractivity contribution in [2.75, 3.05) is 43.4 Å². The lowest BCUT2D eigenvalue weighted by Crippen LogP contribution is -2.40. The van der Waals surface area contributed by atoms with Gasteiger partial charge >= 0.3 is 0 Å². The molecule has 1 fully saturated rings. The van der Waals surface area contributed by atoms with Crippen LogP contribution in [-0.2, 0) is 0 Å². The van der Waals surface area contributed by atoms with E-state index in [1.54, 1.807) is 0 Å². The van der Waals surface area contributed by atoms with Crippen molar-refractivity contribution in [2.45, 2.75) is 32.7 Å². The predicted molar refractivity (Wildman–Crippen MR) is 81.9 cm³/mol. The summed E-state index contributed by atoms with van der Waals surface area (Å²) in [5.74, 6) is 2.09. The molecular formula is C15H26N4. The Bertz CT molecular complexity index is 393. The van der Waals surface area contributed by atoms with Crippen LogP contribution in [0.15, 0.2) is 18.2 Å². The molecule has 0 saturated carbocycles. The zero-order chi connectivity index (χ0) is 13.7. The Hall–Kier alpha value is -1.29. The fourth-order valence-electron chi connectivity index (χ4n) is 2.76. The van der Waals surface area contributed by atoms with Gasteiger partial charge in [-0.25, -0.2) is 4.98 Å². The van der Waals surface area contributed by atoms with Gasteiger partial charge in [-0.2, -0.15) is 0 Å². The second-order valence-corrected chi connectivity index (χ2v) is 5.28. The van der Waals surface area contributed by atoms with Gasteiger partial charge in [0.05, 0.1) is 0 Å². The maximum atomic E-state index is 4.75. The molecule has 1 aromatic rings. The highest BCUT2D eigenvalue weighted by atomic mass is 15.3. The van der Waals surface area contributed by atoms with Gasteiger partial charge in [-0.3, -0.25) is 0 Å². The molecule has 1 aliphatic rings. The first-order valence-electron chi connectivity index (χ1n) is 7.40. The van der Waals surface area contributed by atoms with E-state index in [0.717, 1.165) is 37.7 Å². The second-order valence-electron chi connectivity index (χ2n) is 5.28. The average molecular weight is 262 g/mol. The molecule has 1 saturated heterocycles. The first-order chi connectivity index (χ1) is 9.24. The number of nitrogens with zero attached hydrogens (tertiary/aromatic N) is 3. The van der Waals surface area contributed by atoms with E-state index in [1.807, 2.05) is 6.07 Å². The van der Waals surface area contributed by atoms with Gasteiger partial charge < -0.3 is 15.1 Å². The number of anilines is 2. The highest BCUT2D eigenvalue weighted by Gasteiger charge is 2.23. The van der Waals surface area contributed by atoms with Crippen molar-refractivity contribution < 1.29 is 0 Å². The van der Waals surface area contributed by atoms with Crippen molar-refractivity contribution in [1.82, 2.24) is 9.88 Å². The number of hydrogen-bond acceptors (Lipinski definition) is 4. The number of pyridine rings is 1. The Morgan fingerprint density at radius 3 is 2.89 bits per heavy atom. The Labute approximate surface area is 116 Å². The molecule has 0 bridgehead atoms. The summed E-state index contributed by atoms with van der Waals surface area (Å²) in [6.45, 7) is 8.69. The maximum Gasteiger partial charge on any atom is 0.131 e. The van der Waals surface area contributed by atoms with E-state index >= 15 is 0 Å². The summed E-state index contributed by atoms with van der Waals surface area (Å²) < 4.78 is 0. The van der Waals surface area contributed by atoms with Gasteiger partial charge in [0.25, 0.3) is 0 Å². The number of nitrogens with one attached hydrogen (secondary N) is 1. The topological polar surface area (TPSA) is 31.4 Å². The van der Waals surface area contributed by atoms with E-state index in [4.69, 9.17) is 4.98 Å². The summed E-state index contributed by atoms with van der Waals surface area (Å²) in [7, 11) is 2.22. The van der Waals surface area contributed by atoms with Crippen LogP contribution in [0.25, 0.3) is 0 Å². The summed E-state index contributed by atoms with van der Waals surface area (Å²) in [5, 5.41) is 3.30. The Balaban J connectivity index is 2.19. The number of aromatic nitrogens is 1. The lowest BCUT2D eigenvalue weighted by Gasteiger charge is -2.31. The third-order valence-corrected chi connectivity index (χ3v) is 3.76. The van der Waals surface area contributed by atoms with Crippen molar-refractivity contribution in [3.8, 4) is 0 Å².